The molecule has 0 bridgehead atoms. The zero-order chi connectivity index (χ0) is 16.5. The molecule has 0 spiro atoms. The van der Waals surface area contributed by atoms with Crippen molar-refractivity contribution in [2.75, 3.05) is 6.61 Å². The highest BCUT2D eigenvalue weighted by Crippen LogP contribution is 2.20. The van der Waals surface area contributed by atoms with Crippen LogP contribution in [0.5, 0.6) is 0 Å². The Morgan fingerprint density at radius 3 is 2.48 bits per heavy atom. The third kappa shape index (κ3) is 5.76. The third-order valence-corrected chi connectivity index (χ3v) is 3.53. The highest BCUT2D eigenvalue weighted by atomic mass is 35.5. The van der Waals surface area contributed by atoms with Crippen molar-refractivity contribution < 1.29 is 9.53 Å². The van der Waals surface area contributed by atoms with Crippen LogP contribution in [0.15, 0.2) is 66.2 Å². The Morgan fingerprint density at radius 1 is 1.09 bits per heavy atom. The summed E-state index contributed by atoms with van der Waals surface area (Å²) in [5.74, 6) is -0.247. The van der Waals surface area contributed by atoms with E-state index >= 15 is 0 Å². The zero-order valence-corrected chi connectivity index (χ0v) is 13.8. The number of carbonyl (C=O) groups excluding carboxylic acids is 1. The van der Waals surface area contributed by atoms with Gasteiger partial charge in [0.15, 0.2) is 0 Å². The summed E-state index contributed by atoms with van der Waals surface area (Å²) >= 11 is 6.20. The first kappa shape index (κ1) is 17.0. The van der Waals surface area contributed by atoms with Crippen LogP contribution in [0.1, 0.15) is 24.5 Å². The van der Waals surface area contributed by atoms with E-state index in [2.05, 4.69) is 0 Å². The number of rotatable bonds is 6. The molecule has 0 N–H and O–H groups in total. The van der Waals surface area contributed by atoms with Crippen LogP contribution in [0.4, 0.5) is 0 Å². The van der Waals surface area contributed by atoms with Gasteiger partial charge < -0.3 is 4.74 Å². The van der Waals surface area contributed by atoms with Crippen LogP contribution in [0.2, 0.25) is 5.02 Å². The molecule has 0 saturated heterocycles. The van der Waals surface area contributed by atoms with Crippen molar-refractivity contribution in [3.63, 3.8) is 0 Å². The molecule has 2 rings (SSSR count). The number of allylic oxidation sites excluding steroid dienone is 1. The Labute approximate surface area is 142 Å². The molecular weight excluding hydrogens is 308 g/mol. The summed E-state index contributed by atoms with van der Waals surface area (Å²) in [6.07, 6.45) is 6.03. The van der Waals surface area contributed by atoms with E-state index in [4.69, 9.17) is 16.3 Å². The number of hydrogen-bond donors (Lipinski definition) is 0. The Balaban J connectivity index is 2.26. The standard InChI is InChI=1S/C20H19ClO2/c1-2-23-20(22)15-17(13-12-16-8-4-3-5-9-16)14-18-10-6-7-11-19(18)21/h3-14H,2,15H2,1H3/b13-12+,17-14-. The molecule has 0 heterocycles. The maximum atomic E-state index is 11.8. The Morgan fingerprint density at radius 2 is 1.78 bits per heavy atom. The quantitative estimate of drug-likeness (QED) is 0.525. The van der Waals surface area contributed by atoms with Crippen molar-refractivity contribution in [2.24, 2.45) is 0 Å². The van der Waals surface area contributed by atoms with Gasteiger partial charge in [0.05, 0.1) is 13.0 Å². The summed E-state index contributed by atoms with van der Waals surface area (Å²) in [7, 11) is 0. The van der Waals surface area contributed by atoms with E-state index in [1.807, 2.05) is 72.8 Å². The van der Waals surface area contributed by atoms with E-state index in [-0.39, 0.29) is 12.4 Å². The van der Waals surface area contributed by atoms with Crippen molar-refractivity contribution in [2.45, 2.75) is 13.3 Å². The van der Waals surface area contributed by atoms with Gasteiger partial charge in [-0.25, -0.2) is 0 Å². The molecule has 2 aromatic carbocycles. The van der Waals surface area contributed by atoms with Gasteiger partial charge in [0.25, 0.3) is 0 Å². The summed E-state index contributed by atoms with van der Waals surface area (Å²) in [5, 5.41) is 0.655. The molecule has 2 nitrogen and oxygen atoms in total. The van der Waals surface area contributed by atoms with E-state index in [1.54, 1.807) is 6.92 Å². The van der Waals surface area contributed by atoms with E-state index < -0.39 is 0 Å². The van der Waals surface area contributed by atoms with Crippen LogP contribution in [0.3, 0.4) is 0 Å². The fourth-order valence-corrected chi connectivity index (χ4v) is 2.29. The second kappa shape index (κ2) is 8.96. The van der Waals surface area contributed by atoms with Gasteiger partial charge in [-0.05, 0) is 35.8 Å². The Hall–Kier alpha value is -2.32. The molecule has 23 heavy (non-hydrogen) atoms. The Bertz CT molecular complexity index is 703. The van der Waals surface area contributed by atoms with E-state index in [9.17, 15) is 4.79 Å². The highest BCUT2D eigenvalue weighted by Gasteiger charge is 2.06. The smallest absolute Gasteiger partial charge is 0.310 e. The highest BCUT2D eigenvalue weighted by molar-refractivity contribution is 6.32. The van der Waals surface area contributed by atoms with Crippen LogP contribution in [-0.2, 0) is 9.53 Å². The van der Waals surface area contributed by atoms with Gasteiger partial charge >= 0.3 is 5.97 Å². The molecule has 0 aliphatic carbocycles. The van der Waals surface area contributed by atoms with E-state index in [1.165, 1.54) is 0 Å². The summed E-state index contributed by atoms with van der Waals surface area (Å²) < 4.78 is 5.05. The Kier molecular flexibility index (Phi) is 6.64. The molecule has 0 saturated carbocycles. The maximum absolute atomic E-state index is 11.8. The monoisotopic (exact) mass is 326 g/mol. The normalized spacial score (nSPS) is 11.7. The number of esters is 1. The summed E-state index contributed by atoms with van der Waals surface area (Å²) in [5.41, 5.74) is 2.80. The number of benzene rings is 2. The molecule has 2 aromatic rings. The summed E-state index contributed by atoms with van der Waals surface area (Å²) in [4.78, 5) is 11.8. The molecule has 3 heteroatoms. The predicted octanol–water partition coefficient (Wildman–Crippen LogP) is 5.39. The zero-order valence-electron chi connectivity index (χ0n) is 13.0. The molecule has 0 unspecified atom stereocenters. The van der Waals surface area contributed by atoms with Crippen LogP contribution in [0, 0.1) is 0 Å². The predicted molar refractivity (Wildman–Crippen MR) is 96.2 cm³/mol. The first-order valence-corrected chi connectivity index (χ1v) is 7.90. The molecule has 0 aliphatic heterocycles. The van der Waals surface area contributed by atoms with Crippen LogP contribution >= 0.6 is 11.6 Å². The minimum Gasteiger partial charge on any atom is -0.466 e. The third-order valence-electron chi connectivity index (χ3n) is 3.19. The number of halogens is 1. The molecule has 0 fully saturated rings. The SMILES string of the molecule is CCOC(=O)CC(/C=C/c1ccccc1)=C\c1ccccc1Cl. The van der Waals surface area contributed by atoms with Gasteiger partial charge in [-0.2, -0.15) is 0 Å². The maximum Gasteiger partial charge on any atom is 0.310 e. The van der Waals surface area contributed by atoms with Gasteiger partial charge in [0, 0.05) is 5.02 Å². The summed E-state index contributed by atoms with van der Waals surface area (Å²) in [6, 6.07) is 17.5. The number of carbonyl (C=O) groups is 1. The minimum absolute atomic E-state index is 0.211. The molecule has 0 aliphatic rings. The summed E-state index contributed by atoms with van der Waals surface area (Å²) in [6.45, 7) is 2.18. The first-order valence-electron chi connectivity index (χ1n) is 7.53. The molecule has 0 radical (unpaired) electrons. The lowest BCUT2D eigenvalue weighted by Crippen LogP contribution is -2.04. The minimum atomic E-state index is -0.247. The van der Waals surface area contributed by atoms with Gasteiger partial charge in [-0.15, -0.1) is 0 Å². The number of hydrogen-bond acceptors (Lipinski definition) is 2. The van der Waals surface area contributed by atoms with E-state index in [0.717, 1.165) is 16.7 Å². The first-order chi connectivity index (χ1) is 11.2. The largest absolute Gasteiger partial charge is 0.466 e. The van der Waals surface area contributed by atoms with Crippen molar-refractivity contribution in [3.8, 4) is 0 Å². The average molecular weight is 327 g/mol. The second-order valence-electron chi connectivity index (χ2n) is 4.97. The van der Waals surface area contributed by atoms with Crippen LogP contribution in [-0.4, -0.2) is 12.6 Å². The number of ether oxygens (including phenoxy) is 1. The van der Waals surface area contributed by atoms with Gasteiger partial charge in [0.2, 0.25) is 0 Å². The van der Waals surface area contributed by atoms with Gasteiger partial charge in [-0.1, -0.05) is 72.3 Å². The van der Waals surface area contributed by atoms with Crippen LogP contribution < -0.4 is 0 Å². The fourth-order valence-electron chi connectivity index (χ4n) is 2.10. The topological polar surface area (TPSA) is 26.3 Å². The lowest BCUT2D eigenvalue weighted by molar-refractivity contribution is -0.142. The van der Waals surface area contributed by atoms with Crippen molar-refractivity contribution in [1.29, 1.82) is 0 Å². The average Bonchev–Trinajstić information content (AvgIpc) is 2.56. The molecular formula is C20H19ClO2. The van der Waals surface area contributed by atoms with Crippen molar-refractivity contribution in [3.05, 3.63) is 82.4 Å². The van der Waals surface area contributed by atoms with Gasteiger partial charge in [-0.3, -0.25) is 4.79 Å². The van der Waals surface area contributed by atoms with E-state index in [0.29, 0.717) is 11.6 Å². The molecule has 118 valence electrons. The van der Waals surface area contributed by atoms with Crippen molar-refractivity contribution >= 4 is 29.7 Å². The van der Waals surface area contributed by atoms with Crippen molar-refractivity contribution in [1.82, 2.24) is 0 Å². The second-order valence-corrected chi connectivity index (χ2v) is 5.37. The fraction of sp³-hybridized carbons (Fsp3) is 0.150. The molecule has 0 amide bonds. The lowest BCUT2D eigenvalue weighted by atomic mass is 10.1. The van der Waals surface area contributed by atoms with Gasteiger partial charge in [0.1, 0.15) is 0 Å². The van der Waals surface area contributed by atoms with Crippen LogP contribution in [0.25, 0.3) is 12.2 Å². The molecule has 0 aromatic heterocycles. The lowest BCUT2D eigenvalue weighted by Gasteiger charge is -2.05. The molecule has 0 atom stereocenters.